The minimum Gasteiger partial charge on any atom is -0.361 e. The van der Waals surface area contributed by atoms with Crippen LogP contribution in [0.25, 0.3) is 10.9 Å². The van der Waals surface area contributed by atoms with Crippen molar-refractivity contribution in [3.05, 3.63) is 65.6 Å². The second kappa shape index (κ2) is 4.81. The van der Waals surface area contributed by atoms with Crippen LogP contribution in [0.4, 0.5) is 10.1 Å². The highest BCUT2D eigenvalue weighted by Crippen LogP contribution is 2.17. The highest BCUT2D eigenvalue weighted by molar-refractivity contribution is 6.06. The summed E-state index contributed by atoms with van der Waals surface area (Å²) in [5, 5.41) is 3.67. The Morgan fingerprint density at radius 1 is 1.15 bits per heavy atom. The van der Waals surface area contributed by atoms with Gasteiger partial charge in [0, 0.05) is 28.4 Å². The van der Waals surface area contributed by atoms with Crippen molar-refractivity contribution in [3.8, 4) is 0 Å². The van der Waals surface area contributed by atoms with Gasteiger partial charge < -0.3 is 10.3 Å². The molecule has 4 heteroatoms. The van der Waals surface area contributed by atoms with Gasteiger partial charge in [0.15, 0.2) is 0 Å². The van der Waals surface area contributed by atoms with Crippen molar-refractivity contribution in [2.75, 3.05) is 5.32 Å². The summed E-state index contributed by atoms with van der Waals surface area (Å²) in [5.74, 6) is -0.612. The lowest BCUT2D eigenvalue weighted by Crippen LogP contribution is -2.12. The number of carbonyl (C=O) groups is 1. The lowest BCUT2D eigenvalue weighted by atomic mass is 10.1. The molecule has 100 valence electrons. The number of halogens is 1. The maximum Gasteiger partial charge on any atom is 0.255 e. The molecule has 3 nitrogen and oxygen atoms in total. The molecule has 0 unspecified atom stereocenters. The fourth-order valence-electron chi connectivity index (χ4n) is 2.21. The van der Waals surface area contributed by atoms with Crippen LogP contribution < -0.4 is 5.32 Å². The van der Waals surface area contributed by atoms with E-state index in [2.05, 4.69) is 10.3 Å². The Labute approximate surface area is 115 Å². The smallest absolute Gasteiger partial charge is 0.255 e. The van der Waals surface area contributed by atoms with E-state index in [1.807, 2.05) is 18.3 Å². The predicted octanol–water partition coefficient (Wildman–Crippen LogP) is 3.87. The van der Waals surface area contributed by atoms with Crippen molar-refractivity contribution in [3.63, 3.8) is 0 Å². The molecular formula is C16H13FN2O. The van der Waals surface area contributed by atoms with Gasteiger partial charge in [0.05, 0.1) is 0 Å². The van der Waals surface area contributed by atoms with E-state index in [4.69, 9.17) is 0 Å². The van der Waals surface area contributed by atoms with E-state index in [-0.39, 0.29) is 11.7 Å². The third-order valence-corrected chi connectivity index (χ3v) is 3.12. The molecule has 0 fully saturated rings. The summed E-state index contributed by atoms with van der Waals surface area (Å²) in [6.07, 6.45) is 1.82. The van der Waals surface area contributed by atoms with Gasteiger partial charge in [-0.2, -0.15) is 0 Å². The van der Waals surface area contributed by atoms with E-state index in [1.54, 1.807) is 25.1 Å². The summed E-state index contributed by atoms with van der Waals surface area (Å²) in [6, 6.07) is 11.7. The Hall–Kier alpha value is -2.62. The third-order valence-electron chi connectivity index (χ3n) is 3.12. The van der Waals surface area contributed by atoms with Crippen LogP contribution >= 0.6 is 0 Å². The number of aromatic amines is 1. The number of hydrogen-bond acceptors (Lipinski definition) is 1. The lowest BCUT2D eigenvalue weighted by molar-refractivity contribution is 0.102. The predicted molar refractivity (Wildman–Crippen MR) is 77.4 cm³/mol. The van der Waals surface area contributed by atoms with Crippen molar-refractivity contribution in [1.29, 1.82) is 0 Å². The first-order valence-electron chi connectivity index (χ1n) is 6.27. The van der Waals surface area contributed by atoms with Gasteiger partial charge in [0.25, 0.3) is 5.91 Å². The maximum atomic E-state index is 13.3. The first kappa shape index (κ1) is 12.4. The molecule has 0 spiro atoms. The molecule has 2 N–H and O–H groups in total. The SMILES string of the molecule is Cc1cc(F)cc(NC(=O)c2ccc3[nH]ccc3c2)c1. The molecule has 1 amide bonds. The van der Waals surface area contributed by atoms with Crippen LogP contribution in [-0.4, -0.2) is 10.9 Å². The number of amides is 1. The molecule has 0 aliphatic rings. The third kappa shape index (κ3) is 2.40. The van der Waals surface area contributed by atoms with Gasteiger partial charge in [-0.3, -0.25) is 4.79 Å². The molecule has 20 heavy (non-hydrogen) atoms. The quantitative estimate of drug-likeness (QED) is 0.728. The summed E-state index contributed by atoms with van der Waals surface area (Å²) in [7, 11) is 0. The first-order valence-corrected chi connectivity index (χ1v) is 6.27. The summed E-state index contributed by atoms with van der Waals surface area (Å²) in [6.45, 7) is 1.78. The van der Waals surface area contributed by atoms with E-state index >= 15 is 0 Å². The van der Waals surface area contributed by atoms with Gasteiger partial charge in [-0.15, -0.1) is 0 Å². The fourth-order valence-corrected chi connectivity index (χ4v) is 2.21. The first-order chi connectivity index (χ1) is 9.61. The van der Waals surface area contributed by atoms with Gasteiger partial charge in [-0.05, 0) is 55.0 Å². The Balaban J connectivity index is 1.88. The molecule has 3 aromatic rings. The van der Waals surface area contributed by atoms with Crippen LogP contribution in [-0.2, 0) is 0 Å². The lowest BCUT2D eigenvalue weighted by Gasteiger charge is -2.07. The fraction of sp³-hybridized carbons (Fsp3) is 0.0625. The minimum absolute atomic E-state index is 0.252. The number of anilines is 1. The number of H-pyrrole nitrogens is 1. The van der Waals surface area contributed by atoms with E-state index in [1.165, 1.54) is 12.1 Å². The van der Waals surface area contributed by atoms with E-state index < -0.39 is 0 Å². The second-order valence-electron chi connectivity index (χ2n) is 4.75. The molecule has 1 aromatic heterocycles. The summed E-state index contributed by atoms with van der Waals surface area (Å²) >= 11 is 0. The normalized spacial score (nSPS) is 10.7. The van der Waals surface area contributed by atoms with Gasteiger partial charge >= 0.3 is 0 Å². The van der Waals surface area contributed by atoms with Gasteiger partial charge in [0.1, 0.15) is 5.82 Å². The number of nitrogens with one attached hydrogen (secondary N) is 2. The van der Waals surface area contributed by atoms with Gasteiger partial charge in [-0.1, -0.05) is 0 Å². The number of hydrogen-bond donors (Lipinski definition) is 2. The average molecular weight is 268 g/mol. The zero-order chi connectivity index (χ0) is 14.1. The van der Waals surface area contributed by atoms with Crippen molar-refractivity contribution < 1.29 is 9.18 Å². The largest absolute Gasteiger partial charge is 0.361 e. The minimum atomic E-state index is -0.360. The topological polar surface area (TPSA) is 44.9 Å². The van der Waals surface area contributed by atoms with Crippen molar-refractivity contribution >= 4 is 22.5 Å². The van der Waals surface area contributed by atoms with E-state index in [0.29, 0.717) is 11.3 Å². The summed E-state index contributed by atoms with van der Waals surface area (Å²) < 4.78 is 13.3. The molecule has 2 aromatic carbocycles. The Bertz CT molecular complexity index is 772. The van der Waals surface area contributed by atoms with Gasteiger partial charge in [-0.25, -0.2) is 4.39 Å². The zero-order valence-electron chi connectivity index (χ0n) is 10.9. The van der Waals surface area contributed by atoms with Crippen molar-refractivity contribution in [2.24, 2.45) is 0 Å². The van der Waals surface area contributed by atoms with Gasteiger partial charge in [0.2, 0.25) is 0 Å². The maximum absolute atomic E-state index is 13.3. The van der Waals surface area contributed by atoms with E-state index in [9.17, 15) is 9.18 Å². The second-order valence-corrected chi connectivity index (χ2v) is 4.75. The molecule has 0 saturated carbocycles. The van der Waals surface area contributed by atoms with Crippen LogP contribution in [0.2, 0.25) is 0 Å². The molecule has 0 aliphatic heterocycles. The molecule has 0 radical (unpaired) electrons. The highest BCUT2D eigenvalue weighted by atomic mass is 19.1. The number of carbonyl (C=O) groups excluding carboxylic acids is 1. The Kier molecular flexibility index (Phi) is 2.99. The molecule has 0 atom stereocenters. The van der Waals surface area contributed by atoms with E-state index in [0.717, 1.165) is 16.5 Å². The molecule has 0 bridgehead atoms. The number of rotatable bonds is 2. The Morgan fingerprint density at radius 3 is 2.80 bits per heavy atom. The van der Waals surface area contributed by atoms with Crippen LogP contribution in [0, 0.1) is 12.7 Å². The summed E-state index contributed by atoms with van der Waals surface area (Å²) in [4.78, 5) is 15.2. The Morgan fingerprint density at radius 2 is 2.00 bits per heavy atom. The zero-order valence-corrected chi connectivity index (χ0v) is 10.9. The van der Waals surface area contributed by atoms with Crippen LogP contribution in [0.15, 0.2) is 48.7 Å². The average Bonchev–Trinajstić information content (AvgIpc) is 2.84. The molecular weight excluding hydrogens is 255 g/mol. The number of aryl methyl sites for hydroxylation is 1. The number of fused-ring (bicyclic) bond motifs is 1. The molecule has 0 aliphatic carbocycles. The number of benzene rings is 2. The summed E-state index contributed by atoms with van der Waals surface area (Å²) in [5.41, 5.74) is 2.74. The molecule has 3 rings (SSSR count). The van der Waals surface area contributed by atoms with Crippen LogP contribution in [0.1, 0.15) is 15.9 Å². The standard InChI is InChI=1S/C16H13FN2O/c1-10-6-13(17)9-14(7-10)19-16(20)12-2-3-15-11(8-12)4-5-18-15/h2-9,18H,1H3,(H,19,20). The number of aromatic nitrogens is 1. The van der Waals surface area contributed by atoms with Crippen molar-refractivity contribution in [2.45, 2.75) is 6.92 Å². The monoisotopic (exact) mass is 268 g/mol. The van der Waals surface area contributed by atoms with Crippen LogP contribution in [0.5, 0.6) is 0 Å². The van der Waals surface area contributed by atoms with Crippen LogP contribution in [0.3, 0.4) is 0 Å². The molecule has 1 heterocycles. The van der Waals surface area contributed by atoms with Crippen molar-refractivity contribution in [1.82, 2.24) is 4.98 Å². The highest BCUT2D eigenvalue weighted by Gasteiger charge is 2.08. The molecule has 0 saturated heterocycles.